The van der Waals surface area contributed by atoms with Gasteiger partial charge < -0.3 is 5.32 Å². The lowest BCUT2D eigenvalue weighted by Crippen LogP contribution is -2.54. The molecule has 1 fully saturated rings. The van der Waals surface area contributed by atoms with Gasteiger partial charge in [-0.2, -0.15) is 0 Å². The molecule has 0 spiro atoms. The van der Waals surface area contributed by atoms with Crippen LogP contribution >= 0.6 is 0 Å². The van der Waals surface area contributed by atoms with Crippen LogP contribution in [0.4, 0.5) is 0 Å². The van der Waals surface area contributed by atoms with Crippen molar-refractivity contribution in [2.45, 2.75) is 59.8 Å². The molecule has 4 unspecified atom stereocenters. The van der Waals surface area contributed by atoms with E-state index in [1.165, 1.54) is 11.6 Å². The molecule has 0 radical (unpaired) electrons. The van der Waals surface area contributed by atoms with Gasteiger partial charge in [0.1, 0.15) is 0 Å². The number of carbonyl (C=O) groups is 2. The molecule has 4 aliphatic rings. The van der Waals surface area contributed by atoms with Crippen LogP contribution < -0.4 is 5.32 Å². The van der Waals surface area contributed by atoms with Crippen LogP contribution in [0.2, 0.25) is 0 Å². The van der Waals surface area contributed by atoms with Crippen LogP contribution in [0.5, 0.6) is 0 Å². The van der Waals surface area contributed by atoms with Crippen molar-refractivity contribution in [1.29, 1.82) is 0 Å². The maximum absolute atomic E-state index is 13.1. The highest BCUT2D eigenvalue weighted by molar-refractivity contribution is 6.23. The minimum Gasteiger partial charge on any atom is -0.385 e. The topological polar surface area (TPSA) is 46.2 Å². The molecule has 134 valence electrons. The highest BCUT2D eigenvalue weighted by Crippen LogP contribution is 2.72. The second-order valence-corrected chi connectivity index (χ2v) is 9.22. The van der Waals surface area contributed by atoms with E-state index < -0.39 is 0 Å². The maximum Gasteiger partial charge on any atom is 0.205 e. The minimum atomic E-state index is -0.201. The minimum absolute atomic E-state index is 0.0253. The number of ketones is 2. The van der Waals surface area contributed by atoms with Crippen molar-refractivity contribution in [1.82, 2.24) is 5.32 Å². The number of Topliss-reactive ketones (excluding diaryl/α,β-unsaturated/α-hetero) is 1. The van der Waals surface area contributed by atoms with Gasteiger partial charge in [-0.3, -0.25) is 9.59 Å². The zero-order chi connectivity index (χ0) is 18.2. The molecule has 4 atom stereocenters. The number of likely N-dealkylation sites (N-methyl/N-ethyl adjacent to an activating group) is 1. The number of rotatable bonds is 1. The lowest BCUT2D eigenvalue weighted by molar-refractivity contribution is -0.118. The van der Waals surface area contributed by atoms with E-state index in [0.717, 1.165) is 43.3 Å². The molecule has 3 nitrogen and oxygen atoms in total. The molecule has 1 N–H and O–H groups in total. The van der Waals surface area contributed by atoms with E-state index in [-0.39, 0.29) is 27.8 Å². The fraction of sp³-hybridized carbons (Fsp3) is 0.636. The zero-order valence-corrected chi connectivity index (χ0v) is 16.1. The molecular formula is C22H29NO2. The summed E-state index contributed by atoms with van der Waals surface area (Å²) in [4.78, 5) is 25.9. The third kappa shape index (κ3) is 1.82. The second kappa shape index (κ2) is 4.96. The molecule has 0 heterocycles. The second-order valence-electron chi connectivity index (χ2n) is 9.22. The molecule has 0 saturated heterocycles. The normalized spacial score (nSPS) is 43.2. The van der Waals surface area contributed by atoms with E-state index in [9.17, 15) is 9.59 Å². The summed E-state index contributed by atoms with van der Waals surface area (Å²) in [7, 11) is 1.73. The van der Waals surface area contributed by atoms with Gasteiger partial charge in [0.15, 0.2) is 5.78 Å². The first-order chi connectivity index (χ1) is 11.7. The van der Waals surface area contributed by atoms with Gasteiger partial charge in [0.25, 0.3) is 0 Å². The number of carbonyl (C=O) groups excluding carboxylic acids is 2. The van der Waals surface area contributed by atoms with Crippen LogP contribution in [-0.4, -0.2) is 18.6 Å². The molecule has 0 aromatic carbocycles. The standard InChI is InChI=1S/C22H29NO2/c1-13-7-6-8-17-20(13,2)9-10-21(3)18-14(12-22(17,21)4)16(24)11-15(23-5)19(18)25/h7,11,17,23H,6,8-10,12H2,1-5H3. The van der Waals surface area contributed by atoms with Gasteiger partial charge in [-0.15, -0.1) is 0 Å². The number of nitrogens with one attached hydrogen (secondary N) is 1. The molecule has 0 aromatic rings. The van der Waals surface area contributed by atoms with E-state index >= 15 is 0 Å². The summed E-state index contributed by atoms with van der Waals surface area (Å²) >= 11 is 0. The lowest BCUT2D eigenvalue weighted by atomic mass is 9.43. The average Bonchev–Trinajstić information content (AvgIpc) is 2.82. The Labute approximate surface area is 150 Å². The van der Waals surface area contributed by atoms with Crippen LogP contribution in [0.1, 0.15) is 59.8 Å². The van der Waals surface area contributed by atoms with Crippen molar-refractivity contribution in [2.24, 2.45) is 22.2 Å². The quantitative estimate of drug-likeness (QED) is 0.577. The Bertz CT molecular complexity index is 786. The van der Waals surface area contributed by atoms with Gasteiger partial charge in [-0.1, -0.05) is 32.4 Å². The smallest absolute Gasteiger partial charge is 0.205 e. The summed E-state index contributed by atoms with van der Waals surface area (Å²) in [5, 5.41) is 2.94. The molecule has 25 heavy (non-hydrogen) atoms. The Morgan fingerprint density at radius 1 is 1.16 bits per heavy atom. The summed E-state index contributed by atoms with van der Waals surface area (Å²) < 4.78 is 0. The fourth-order valence-electron chi connectivity index (χ4n) is 6.59. The van der Waals surface area contributed by atoms with Crippen molar-refractivity contribution in [3.05, 3.63) is 34.6 Å². The van der Waals surface area contributed by atoms with Gasteiger partial charge in [0.2, 0.25) is 5.78 Å². The molecule has 0 bridgehead atoms. The fourth-order valence-corrected chi connectivity index (χ4v) is 6.59. The molecule has 4 rings (SSSR count). The number of allylic oxidation sites excluding steroid dienone is 5. The predicted molar refractivity (Wildman–Crippen MR) is 98.8 cm³/mol. The highest BCUT2D eigenvalue weighted by atomic mass is 16.1. The predicted octanol–water partition coefficient (Wildman–Crippen LogP) is 4.11. The van der Waals surface area contributed by atoms with Crippen molar-refractivity contribution in [3.8, 4) is 0 Å². The third-order valence-electron chi connectivity index (χ3n) is 8.46. The van der Waals surface area contributed by atoms with Gasteiger partial charge >= 0.3 is 0 Å². The first-order valence-electron chi connectivity index (χ1n) is 9.58. The molecule has 0 aliphatic heterocycles. The van der Waals surface area contributed by atoms with E-state index in [0.29, 0.717) is 11.6 Å². The van der Waals surface area contributed by atoms with E-state index in [1.807, 2.05) is 0 Å². The SMILES string of the molecule is CNC1=CC(=O)C2=C(C1=O)C1(C)CCC3(C)C(C)=CCCC3C1(C)C2. The third-order valence-corrected chi connectivity index (χ3v) is 8.46. The highest BCUT2D eigenvalue weighted by Gasteiger charge is 2.65. The molecular weight excluding hydrogens is 310 g/mol. The first kappa shape index (κ1) is 16.8. The maximum atomic E-state index is 13.1. The monoisotopic (exact) mass is 339 g/mol. The van der Waals surface area contributed by atoms with E-state index in [1.54, 1.807) is 7.05 Å². The number of hydrogen-bond acceptors (Lipinski definition) is 3. The molecule has 0 amide bonds. The van der Waals surface area contributed by atoms with Gasteiger partial charge in [-0.05, 0) is 55.8 Å². The Morgan fingerprint density at radius 2 is 1.88 bits per heavy atom. The van der Waals surface area contributed by atoms with Gasteiger partial charge in [0.05, 0.1) is 5.70 Å². The average molecular weight is 339 g/mol. The van der Waals surface area contributed by atoms with Crippen LogP contribution in [-0.2, 0) is 9.59 Å². The van der Waals surface area contributed by atoms with E-state index in [4.69, 9.17) is 0 Å². The largest absolute Gasteiger partial charge is 0.385 e. The molecule has 1 saturated carbocycles. The van der Waals surface area contributed by atoms with Crippen molar-refractivity contribution >= 4 is 11.6 Å². The Hall–Kier alpha value is -1.64. The Morgan fingerprint density at radius 3 is 2.56 bits per heavy atom. The lowest BCUT2D eigenvalue weighted by Gasteiger charge is -2.61. The van der Waals surface area contributed by atoms with Crippen LogP contribution in [0.3, 0.4) is 0 Å². The van der Waals surface area contributed by atoms with Crippen LogP contribution in [0, 0.1) is 22.2 Å². The van der Waals surface area contributed by atoms with Crippen molar-refractivity contribution in [2.75, 3.05) is 7.05 Å². The van der Waals surface area contributed by atoms with Crippen LogP contribution in [0.15, 0.2) is 34.6 Å². The zero-order valence-electron chi connectivity index (χ0n) is 16.1. The van der Waals surface area contributed by atoms with Gasteiger partial charge in [0, 0.05) is 29.7 Å². The van der Waals surface area contributed by atoms with Crippen molar-refractivity contribution in [3.63, 3.8) is 0 Å². The summed E-state index contributed by atoms with van der Waals surface area (Å²) in [6.45, 7) is 9.29. The van der Waals surface area contributed by atoms with Crippen LogP contribution in [0.25, 0.3) is 0 Å². The molecule has 4 aliphatic carbocycles. The number of hydrogen-bond donors (Lipinski definition) is 1. The summed E-state index contributed by atoms with van der Waals surface area (Å²) in [6.07, 6.45) is 9.03. The first-order valence-corrected chi connectivity index (χ1v) is 9.58. The summed E-state index contributed by atoms with van der Waals surface area (Å²) in [6, 6.07) is 0. The summed E-state index contributed by atoms with van der Waals surface area (Å²) in [5.41, 5.74) is 3.56. The Balaban J connectivity index is 1.85. The van der Waals surface area contributed by atoms with Gasteiger partial charge in [-0.25, -0.2) is 0 Å². The Kier molecular flexibility index (Phi) is 3.33. The van der Waals surface area contributed by atoms with E-state index in [2.05, 4.69) is 39.1 Å². The summed E-state index contributed by atoms with van der Waals surface area (Å²) in [5.74, 6) is 0.614. The molecule has 0 aromatic heterocycles. The van der Waals surface area contributed by atoms with Crippen molar-refractivity contribution < 1.29 is 9.59 Å². The molecule has 3 heteroatoms. The number of fused-ring (bicyclic) bond motifs is 4.